The van der Waals surface area contributed by atoms with E-state index in [1.807, 2.05) is 0 Å². The molecular formula is C6H7N2O. The molecule has 9 heavy (non-hydrogen) atoms. The van der Waals surface area contributed by atoms with E-state index >= 15 is 0 Å². The SMILES string of the molecule is [CH2]CC(=O)n1ccnc1. The molecule has 0 N–H and O–H groups in total. The molecule has 0 unspecified atom stereocenters. The Morgan fingerprint density at radius 2 is 2.56 bits per heavy atom. The summed E-state index contributed by atoms with van der Waals surface area (Å²) in [5.41, 5.74) is 0. The summed E-state index contributed by atoms with van der Waals surface area (Å²) < 4.78 is 1.41. The van der Waals surface area contributed by atoms with Gasteiger partial charge in [0.2, 0.25) is 5.91 Å². The molecule has 1 aromatic rings. The minimum atomic E-state index is -0.0347. The largest absolute Gasteiger partial charge is 0.276 e. The third-order valence-corrected chi connectivity index (χ3v) is 1.01. The Morgan fingerprint density at radius 1 is 1.78 bits per heavy atom. The van der Waals surface area contributed by atoms with Crippen molar-refractivity contribution in [1.82, 2.24) is 9.55 Å². The van der Waals surface area contributed by atoms with E-state index in [1.54, 1.807) is 12.4 Å². The quantitative estimate of drug-likeness (QED) is 0.552. The lowest BCUT2D eigenvalue weighted by molar-refractivity contribution is 0.0916. The van der Waals surface area contributed by atoms with Gasteiger partial charge in [-0.25, -0.2) is 4.98 Å². The van der Waals surface area contributed by atoms with Crippen molar-refractivity contribution in [3.8, 4) is 0 Å². The van der Waals surface area contributed by atoms with Crippen LogP contribution in [0, 0.1) is 6.92 Å². The molecule has 1 heterocycles. The fourth-order valence-corrected chi connectivity index (χ4v) is 0.536. The summed E-state index contributed by atoms with van der Waals surface area (Å²) in [7, 11) is 0. The zero-order valence-electron chi connectivity index (χ0n) is 4.95. The molecular weight excluding hydrogens is 116 g/mol. The molecule has 1 radical (unpaired) electrons. The van der Waals surface area contributed by atoms with E-state index in [-0.39, 0.29) is 12.3 Å². The van der Waals surface area contributed by atoms with Crippen molar-refractivity contribution in [2.45, 2.75) is 6.42 Å². The van der Waals surface area contributed by atoms with Crippen molar-refractivity contribution in [3.63, 3.8) is 0 Å². The Bertz CT molecular complexity index is 191. The molecule has 0 spiro atoms. The van der Waals surface area contributed by atoms with Gasteiger partial charge in [-0.15, -0.1) is 0 Å². The summed E-state index contributed by atoms with van der Waals surface area (Å²) in [4.78, 5) is 14.4. The molecule has 3 nitrogen and oxygen atoms in total. The summed E-state index contributed by atoms with van der Waals surface area (Å²) >= 11 is 0. The fraction of sp³-hybridized carbons (Fsp3) is 0.167. The van der Waals surface area contributed by atoms with Crippen molar-refractivity contribution < 1.29 is 4.79 Å². The van der Waals surface area contributed by atoms with Crippen molar-refractivity contribution in [2.75, 3.05) is 0 Å². The maximum absolute atomic E-state index is 10.7. The van der Waals surface area contributed by atoms with Gasteiger partial charge in [-0.1, -0.05) is 0 Å². The topological polar surface area (TPSA) is 34.9 Å². The number of carbonyl (C=O) groups is 1. The first-order valence-corrected chi connectivity index (χ1v) is 2.65. The van der Waals surface area contributed by atoms with Crippen LogP contribution in [0.4, 0.5) is 0 Å². The van der Waals surface area contributed by atoms with Crippen LogP contribution in [0.1, 0.15) is 11.2 Å². The zero-order valence-corrected chi connectivity index (χ0v) is 4.95. The minimum Gasteiger partial charge on any atom is -0.276 e. The first-order valence-electron chi connectivity index (χ1n) is 2.65. The van der Waals surface area contributed by atoms with Crippen LogP contribution < -0.4 is 0 Å². The zero-order chi connectivity index (χ0) is 6.69. The van der Waals surface area contributed by atoms with Crippen LogP contribution >= 0.6 is 0 Å². The van der Waals surface area contributed by atoms with E-state index in [1.165, 1.54) is 10.9 Å². The molecule has 0 amide bonds. The number of aromatic nitrogens is 2. The first-order chi connectivity index (χ1) is 4.34. The summed E-state index contributed by atoms with van der Waals surface area (Å²) in [5, 5.41) is 0. The van der Waals surface area contributed by atoms with Gasteiger partial charge in [0.25, 0.3) is 0 Å². The monoisotopic (exact) mass is 123 g/mol. The first kappa shape index (κ1) is 6.01. The molecule has 3 heteroatoms. The lowest BCUT2D eigenvalue weighted by atomic mass is 10.4. The van der Waals surface area contributed by atoms with Gasteiger partial charge in [0.05, 0.1) is 0 Å². The standard InChI is InChI=1S/C6H7N2O/c1-2-6(9)8-4-3-7-5-8/h3-5H,1-2H2. The highest BCUT2D eigenvalue weighted by molar-refractivity contribution is 5.78. The number of nitrogens with zero attached hydrogens (tertiary/aromatic N) is 2. The second kappa shape index (κ2) is 2.44. The number of rotatable bonds is 1. The molecule has 1 aromatic heterocycles. The Balaban J connectivity index is 2.77. The van der Waals surface area contributed by atoms with Gasteiger partial charge < -0.3 is 0 Å². The second-order valence-corrected chi connectivity index (χ2v) is 1.61. The van der Waals surface area contributed by atoms with Crippen LogP contribution in [-0.4, -0.2) is 15.5 Å². The highest BCUT2D eigenvalue weighted by atomic mass is 16.1. The molecule has 0 aliphatic carbocycles. The van der Waals surface area contributed by atoms with Crippen molar-refractivity contribution in [3.05, 3.63) is 25.6 Å². The van der Waals surface area contributed by atoms with Gasteiger partial charge in [0.1, 0.15) is 6.33 Å². The smallest absolute Gasteiger partial charge is 0.231 e. The average Bonchev–Trinajstić information content (AvgIpc) is 2.37. The normalized spacial score (nSPS) is 9.44. The molecule has 0 saturated carbocycles. The Morgan fingerprint density at radius 3 is 3.00 bits per heavy atom. The Kier molecular flexibility index (Phi) is 1.63. The molecule has 1 rings (SSSR count). The van der Waals surface area contributed by atoms with Crippen LogP contribution in [0.5, 0.6) is 0 Å². The predicted molar refractivity (Wildman–Crippen MR) is 32.8 cm³/mol. The second-order valence-electron chi connectivity index (χ2n) is 1.61. The van der Waals surface area contributed by atoms with Crippen LogP contribution in [0.15, 0.2) is 18.7 Å². The van der Waals surface area contributed by atoms with E-state index in [4.69, 9.17) is 0 Å². The Labute approximate surface area is 53.3 Å². The van der Waals surface area contributed by atoms with Gasteiger partial charge >= 0.3 is 0 Å². The van der Waals surface area contributed by atoms with Crippen LogP contribution in [0.25, 0.3) is 0 Å². The highest BCUT2D eigenvalue weighted by Gasteiger charge is 1.96. The minimum absolute atomic E-state index is 0.0347. The number of hydrogen-bond acceptors (Lipinski definition) is 2. The average molecular weight is 123 g/mol. The van der Waals surface area contributed by atoms with Gasteiger partial charge in [0, 0.05) is 18.8 Å². The fourth-order valence-electron chi connectivity index (χ4n) is 0.536. The molecule has 0 fully saturated rings. The highest BCUT2D eigenvalue weighted by Crippen LogP contribution is 1.87. The van der Waals surface area contributed by atoms with Crippen LogP contribution in [0.3, 0.4) is 0 Å². The van der Waals surface area contributed by atoms with Crippen molar-refractivity contribution in [1.29, 1.82) is 0 Å². The number of carbonyl (C=O) groups excluding carboxylic acids is 1. The van der Waals surface area contributed by atoms with E-state index in [0.717, 1.165) is 0 Å². The van der Waals surface area contributed by atoms with Gasteiger partial charge in [0.15, 0.2) is 0 Å². The molecule has 0 aromatic carbocycles. The summed E-state index contributed by atoms with van der Waals surface area (Å²) in [6.07, 6.45) is 4.91. The number of imidazole rings is 1. The molecule has 0 bridgehead atoms. The maximum atomic E-state index is 10.7. The maximum Gasteiger partial charge on any atom is 0.231 e. The van der Waals surface area contributed by atoms with E-state index in [0.29, 0.717) is 0 Å². The molecule has 0 saturated heterocycles. The third-order valence-electron chi connectivity index (χ3n) is 1.01. The predicted octanol–water partition coefficient (Wildman–Crippen LogP) is 0.747. The van der Waals surface area contributed by atoms with Crippen molar-refractivity contribution >= 4 is 5.91 Å². The molecule has 47 valence electrons. The van der Waals surface area contributed by atoms with Gasteiger partial charge in [-0.3, -0.25) is 9.36 Å². The summed E-state index contributed by atoms with van der Waals surface area (Å²) in [6.45, 7) is 3.44. The Hall–Kier alpha value is -1.12. The van der Waals surface area contributed by atoms with Crippen LogP contribution in [0.2, 0.25) is 0 Å². The van der Waals surface area contributed by atoms with Crippen molar-refractivity contribution in [2.24, 2.45) is 0 Å². The van der Waals surface area contributed by atoms with E-state index < -0.39 is 0 Å². The van der Waals surface area contributed by atoms with Gasteiger partial charge in [-0.2, -0.15) is 0 Å². The summed E-state index contributed by atoms with van der Waals surface area (Å²) in [6, 6.07) is 0. The lowest BCUT2D eigenvalue weighted by Gasteiger charge is -1.92. The lowest BCUT2D eigenvalue weighted by Crippen LogP contribution is -2.05. The van der Waals surface area contributed by atoms with E-state index in [2.05, 4.69) is 11.9 Å². The molecule has 0 atom stereocenters. The molecule has 0 aliphatic rings. The number of hydrogen-bond donors (Lipinski definition) is 0. The van der Waals surface area contributed by atoms with E-state index in [9.17, 15) is 4.79 Å². The molecule has 0 aliphatic heterocycles. The third kappa shape index (κ3) is 1.16. The van der Waals surface area contributed by atoms with Crippen LogP contribution in [-0.2, 0) is 0 Å². The summed E-state index contributed by atoms with van der Waals surface area (Å²) in [5.74, 6) is -0.0347. The van der Waals surface area contributed by atoms with Gasteiger partial charge in [-0.05, 0) is 6.92 Å².